The first-order chi connectivity index (χ1) is 7.85. The zero-order valence-electron chi connectivity index (χ0n) is 9.74. The van der Waals surface area contributed by atoms with Crippen LogP contribution in [0, 0.1) is 12.3 Å². The van der Waals surface area contributed by atoms with Crippen molar-refractivity contribution in [2.45, 2.75) is 50.4 Å². The molecule has 2 aliphatic rings. The third-order valence-electron chi connectivity index (χ3n) is 3.33. The largest absolute Gasteiger partial charge is 0.378 e. The van der Waals surface area contributed by atoms with E-state index in [-0.39, 0.29) is 5.79 Å². The third-order valence-corrected chi connectivity index (χ3v) is 3.33. The highest BCUT2D eigenvalue weighted by Gasteiger charge is 2.40. The highest BCUT2D eigenvalue weighted by Crippen LogP contribution is 2.36. The van der Waals surface area contributed by atoms with E-state index in [9.17, 15) is 0 Å². The summed E-state index contributed by atoms with van der Waals surface area (Å²) in [5.74, 6) is 2.36. The second kappa shape index (κ2) is 5.67. The van der Waals surface area contributed by atoms with Crippen LogP contribution in [-0.4, -0.2) is 31.7 Å². The first kappa shape index (κ1) is 11.9. The van der Waals surface area contributed by atoms with E-state index in [1.807, 2.05) is 0 Å². The maximum absolute atomic E-state index is 5.78. The summed E-state index contributed by atoms with van der Waals surface area (Å²) < 4.78 is 17.1. The monoisotopic (exact) mass is 224 g/mol. The van der Waals surface area contributed by atoms with Crippen LogP contribution in [0.2, 0.25) is 0 Å². The van der Waals surface area contributed by atoms with Gasteiger partial charge in [0.15, 0.2) is 5.79 Å². The molecule has 0 amide bonds. The Hall–Kier alpha value is -0.560. The van der Waals surface area contributed by atoms with Crippen LogP contribution < -0.4 is 0 Å². The lowest BCUT2D eigenvalue weighted by Crippen LogP contribution is -2.37. The number of ether oxygens (including phenoxy) is 3. The molecule has 0 aromatic carbocycles. The van der Waals surface area contributed by atoms with Gasteiger partial charge in [-0.05, 0) is 19.3 Å². The van der Waals surface area contributed by atoms with E-state index >= 15 is 0 Å². The van der Waals surface area contributed by atoms with Gasteiger partial charge in [0.2, 0.25) is 0 Å². The van der Waals surface area contributed by atoms with Gasteiger partial charge in [0, 0.05) is 25.9 Å². The van der Waals surface area contributed by atoms with Crippen LogP contribution in [0.1, 0.15) is 38.5 Å². The van der Waals surface area contributed by atoms with E-state index in [2.05, 4.69) is 5.92 Å². The minimum atomic E-state index is -0.265. The molecule has 3 heteroatoms. The fraction of sp³-hybridized carbons (Fsp3) is 0.846. The Balaban J connectivity index is 1.63. The normalized spacial score (nSPS) is 24.7. The molecule has 0 aromatic heterocycles. The van der Waals surface area contributed by atoms with Crippen molar-refractivity contribution in [2.75, 3.05) is 19.8 Å². The van der Waals surface area contributed by atoms with E-state index in [0.29, 0.717) is 6.10 Å². The van der Waals surface area contributed by atoms with Crippen LogP contribution >= 0.6 is 0 Å². The lowest BCUT2D eigenvalue weighted by Gasteiger charge is -2.35. The topological polar surface area (TPSA) is 27.7 Å². The highest BCUT2D eigenvalue weighted by molar-refractivity contribution is 4.84. The Labute approximate surface area is 97.4 Å². The number of rotatable bonds is 4. The summed E-state index contributed by atoms with van der Waals surface area (Å²) in [4.78, 5) is 0. The molecule has 1 saturated heterocycles. The van der Waals surface area contributed by atoms with Gasteiger partial charge < -0.3 is 14.2 Å². The molecule has 0 aromatic rings. The van der Waals surface area contributed by atoms with Gasteiger partial charge in [-0.15, -0.1) is 12.3 Å². The molecule has 3 nitrogen and oxygen atoms in total. The summed E-state index contributed by atoms with van der Waals surface area (Å²) >= 11 is 0. The van der Waals surface area contributed by atoms with Gasteiger partial charge in [-0.25, -0.2) is 0 Å². The van der Waals surface area contributed by atoms with Crippen molar-refractivity contribution in [3.8, 4) is 12.3 Å². The minimum Gasteiger partial charge on any atom is -0.378 e. The predicted molar refractivity (Wildman–Crippen MR) is 60.9 cm³/mol. The molecule has 1 aliphatic carbocycles. The standard InChI is InChI=1S/C13H20O3/c1-2-3-4-9-14-12-5-7-13(8-6-12)15-10-11-16-13/h1,12H,3-11H2. The number of hydrogen-bond donors (Lipinski definition) is 0. The summed E-state index contributed by atoms with van der Waals surface area (Å²) in [5, 5.41) is 0. The molecule has 1 saturated carbocycles. The molecule has 2 fully saturated rings. The second-order valence-electron chi connectivity index (χ2n) is 4.49. The first-order valence-electron chi connectivity index (χ1n) is 6.18. The zero-order chi connectivity index (χ0) is 11.3. The molecule has 0 atom stereocenters. The van der Waals surface area contributed by atoms with Gasteiger partial charge in [-0.2, -0.15) is 0 Å². The van der Waals surface area contributed by atoms with Crippen molar-refractivity contribution >= 4 is 0 Å². The van der Waals surface area contributed by atoms with Crippen molar-refractivity contribution < 1.29 is 14.2 Å². The van der Waals surface area contributed by atoms with Gasteiger partial charge in [-0.1, -0.05) is 0 Å². The fourth-order valence-corrected chi connectivity index (χ4v) is 2.41. The van der Waals surface area contributed by atoms with Gasteiger partial charge >= 0.3 is 0 Å². The molecule has 16 heavy (non-hydrogen) atoms. The average Bonchev–Trinajstić information content (AvgIpc) is 2.76. The van der Waals surface area contributed by atoms with Crippen molar-refractivity contribution in [1.29, 1.82) is 0 Å². The van der Waals surface area contributed by atoms with E-state index < -0.39 is 0 Å². The Morgan fingerprint density at radius 1 is 1.25 bits per heavy atom. The lowest BCUT2D eigenvalue weighted by molar-refractivity contribution is -0.191. The SMILES string of the molecule is C#CCCCOC1CCC2(CC1)OCCO2. The van der Waals surface area contributed by atoms with Gasteiger partial charge in [0.05, 0.1) is 19.3 Å². The van der Waals surface area contributed by atoms with Gasteiger partial charge in [0.25, 0.3) is 0 Å². The highest BCUT2D eigenvalue weighted by atomic mass is 16.7. The molecule has 0 unspecified atom stereocenters. The number of hydrogen-bond acceptors (Lipinski definition) is 3. The second-order valence-corrected chi connectivity index (χ2v) is 4.49. The Morgan fingerprint density at radius 2 is 1.94 bits per heavy atom. The van der Waals surface area contributed by atoms with Crippen LogP contribution in [0.5, 0.6) is 0 Å². The van der Waals surface area contributed by atoms with Crippen molar-refractivity contribution in [3.63, 3.8) is 0 Å². The first-order valence-corrected chi connectivity index (χ1v) is 6.18. The fourth-order valence-electron chi connectivity index (χ4n) is 2.41. The van der Waals surface area contributed by atoms with E-state index in [1.54, 1.807) is 0 Å². The van der Waals surface area contributed by atoms with E-state index in [0.717, 1.165) is 58.3 Å². The summed E-state index contributed by atoms with van der Waals surface area (Å²) in [5.41, 5.74) is 0. The quantitative estimate of drug-likeness (QED) is 0.540. The van der Waals surface area contributed by atoms with Gasteiger partial charge in [0.1, 0.15) is 0 Å². The van der Waals surface area contributed by atoms with Gasteiger partial charge in [-0.3, -0.25) is 0 Å². The van der Waals surface area contributed by atoms with Crippen molar-refractivity contribution in [2.24, 2.45) is 0 Å². The lowest BCUT2D eigenvalue weighted by atomic mass is 9.92. The van der Waals surface area contributed by atoms with Crippen LogP contribution in [0.15, 0.2) is 0 Å². The van der Waals surface area contributed by atoms with E-state index in [1.165, 1.54) is 0 Å². The maximum atomic E-state index is 5.78. The van der Waals surface area contributed by atoms with E-state index in [4.69, 9.17) is 20.6 Å². The Kier molecular flexibility index (Phi) is 4.22. The Bertz CT molecular complexity index is 240. The minimum absolute atomic E-state index is 0.265. The summed E-state index contributed by atoms with van der Waals surface area (Å²) in [6.45, 7) is 2.27. The molecule has 1 aliphatic heterocycles. The molecule has 2 rings (SSSR count). The zero-order valence-corrected chi connectivity index (χ0v) is 9.74. The van der Waals surface area contributed by atoms with Crippen molar-refractivity contribution in [3.05, 3.63) is 0 Å². The molecule has 0 radical (unpaired) electrons. The molecule has 1 spiro atoms. The van der Waals surface area contributed by atoms with Crippen LogP contribution in [-0.2, 0) is 14.2 Å². The molecule has 0 N–H and O–H groups in total. The smallest absolute Gasteiger partial charge is 0.168 e. The summed E-state index contributed by atoms with van der Waals surface area (Å²) in [6.07, 6.45) is 11.3. The van der Waals surface area contributed by atoms with Crippen LogP contribution in [0.3, 0.4) is 0 Å². The summed E-state index contributed by atoms with van der Waals surface area (Å²) in [7, 11) is 0. The summed E-state index contributed by atoms with van der Waals surface area (Å²) in [6, 6.07) is 0. The number of terminal acetylenes is 1. The van der Waals surface area contributed by atoms with Crippen LogP contribution in [0.4, 0.5) is 0 Å². The van der Waals surface area contributed by atoms with Crippen LogP contribution in [0.25, 0.3) is 0 Å². The molecule has 0 bridgehead atoms. The Morgan fingerprint density at radius 3 is 2.56 bits per heavy atom. The average molecular weight is 224 g/mol. The molecular formula is C13H20O3. The third kappa shape index (κ3) is 2.98. The molecule has 90 valence electrons. The number of unbranched alkanes of at least 4 members (excludes halogenated alkanes) is 1. The molecular weight excluding hydrogens is 204 g/mol. The predicted octanol–water partition coefficient (Wildman–Crippen LogP) is 2.10. The van der Waals surface area contributed by atoms with Crippen molar-refractivity contribution in [1.82, 2.24) is 0 Å². The molecule has 1 heterocycles. The maximum Gasteiger partial charge on any atom is 0.168 e.